The summed E-state index contributed by atoms with van der Waals surface area (Å²) in [6.07, 6.45) is -9.17. The van der Waals surface area contributed by atoms with Gasteiger partial charge in [-0.05, 0) is 30.4 Å². The summed E-state index contributed by atoms with van der Waals surface area (Å²) in [5.41, 5.74) is -1.12. The lowest BCUT2D eigenvalue weighted by Crippen LogP contribution is -2.49. The normalized spacial score (nSPS) is 17.1. The minimum absolute atomic E-state index is 0.0199. The molecule has 1 fully saturated rings. The number of benzene rings is 1. The molecular weight excluding hydrogens is 466 g/mol. The molecule has 0 radical (unpaired) electrons. The van der Waals surface area contributed by atoms with Crippen LogP contribution in [0.15, 0.2) is 36.5 Å². The number of morpholine rings is 1. The van der Waals surface area contributed by atoms with Gasteiger partial charge in [-0.1, -0.05) is 12.1 Å². The van der Waals surface area contributed by atoms with Gasteiger partial charge in [-0.15, -0.1) is 13.2 Å². The molecule has 2 aromatic rings. The summed E-state index contributed by atoms with van der Waals surface area (Å²) in [7, 11) is 0. The van der Waals surface area contributed by atoms with Crippen molar-refractivity contribution in [2.45, 2.75) is 18.6 Å². The van der Waals surface area contributed by atoms with Crippen molar-refractivity contribution < 1.29 is 40.6 Å². The number of ether oxygens (including phenoxy) is 3. The lowest BCUT2D eigenvalue weighted by molar-refractivity contribution is -0.274. The summed E-state index contributed by atoms with van der Waals surface area (Å²) < 4.78 is 90.7. The summed E-state index contributed by atoms with van der Waals surface area (Å²) in [5.74, 6) is -0.447. The van der Waals surface area contributed by atoms with Crippen LogP contribution >= 0.6 is 12.2 Å². The van der Waals surface area contributed by atoms with Gasteiger partial charge in [-0.3, -0.25) is 0 Å². The van der Waals surface area contributed by atoms with Gasteiger partial charge in [-0.2, -0.15) is 18.2 Å². The molecule has 1 aliphatic rings. The fourth-order valence-corrected chi connectivity index (χ4v) is 2.99. The van der Waals surface area contributed by atoms with E-state index < -0.39 is 36.1 Å². The topological polar surface area (TPSA) is 68.7 Å². The van der Waals surface area contributed by atoms with Crippen molar-refractivity contribution in [1.82, 2.24) is 14.9 Å². The molecule has 0 spiro atoms. The number of nitrogens with one attached hydrogen (secondary N) is 1. The predicted octanol–water partition coefficient (Wildman–Crippen LogP) is 3.87. The highest BCUT2D eigenvalue weighted by molar-refractivity contribution is 7.80. The molecule has 1 aromatic heterocycles. The highest BCUT2D eigenvalue weighted by Gasteiger charge is 2.34. The van der Waals surface area contributed by atoms with E-state index in [9.17, 15) is 26.3 Å². The molecule has 7 nitrogen and oxygen atoms in total. The maximum atomic E-state index is 12.7. The quantitative estimate of drug-likeness (QED) is 0.509. The fourth-order valence-electron chi connectivity index (χ4n) is 2.72. The van der Waals surface area contributed by atoms with Gasteiger partial charge < -0.3 is 24.4 Å². The zero-order valence-corrected chi connectivity index (χ0v) is 16.9. The van der Waals surface area contributed by atoms with E-state index >= 15 is 0 Å². The number of anilines is 1. The molecular formula is C18H16F6N4O3S. The number of aromatic nitrogens is 2. The summed E-state index contributed by atoms with van der Waals surface area (Å²) >= 11 is 5.28. The summed E-state index contributed by atoms with van der Waals surface area (Å²) in [6.45, 7) is 0.561. The summed E-state index contributed by atoms with van der Waals surface area (Å²) in [5, 5.41) is 2.83. The lowest BCUT2D eigenvalue weighted by atomic mass is 10.3. The van der Waals surface area contributed by atoms with Crippen LogP contribution in [0.3, 0.4) is 0 Å². The summed E-state index contributed by atoms with van der Waals surface area (Å²) in [4.78, 5) is 8.57. The Morgan fingerprint density at radius 2 is 1.94 bits per heavy atom. The number of nitrogens with zero attached hydrogens (tertiary/aromatic N) is 3. The fraction of sp³-hybridized carbons (Fsp3) is 0.389. The number of rotatable bonds is 5. The van der Waals surface area contributed by atoms with Crippen LogP contribution in [0.4, 0.5) is 32.0 Å². The first-order chi connectivity index (χ1) is 15.0. The van der Waals surface area contributed by atoms with Crippen molar-refractivity contribution in [2.75, 3.05) is 31.6 Å². The molecule has 1 aliphatic heterocycles. The third kappa shape index (κ3) is 6.82. The van der Waals surface area contributed by atoms with Crippen LogP contribution in [0.2, 0.25) is 0 Å². The number of thiocarbonyl (C=S) groups is 1. The summed E-state index contributed by atoms with van der Waals surface area (Å²) in [6, 6.07) is 5.67. The van der Waals surface area contributed by atoms with E-state index in [1.807, 2.05) is 0 Å². The number of para-hydroxylation sites is 2. The predicted molar refractivity (Wildman–Crippen MR) is 103 cm³/mol. The molecule has 14 heteroatoms. The van der Waals surface area contributed by atoms with E-state index in [-0.39, 0.29) is 30.6 Å². The molecule has 3 rings (SSSR count). The molecule has 1 aromatic carbocycles. The van der Waals surface area contributed by atoms with Crippen LogP contribution in [0.1, 0.15) is 5.69 Å². The van der Waals surface area contributed by atoms with Crippen LogP contribution < -0.4 is 14.8 Å². The van der Waals surface area contributed by atoms with Crippen molar-refractivity contribution in [2.24, 2.45) is 0 Å². The van der Waals surface area contributed by atoms with E-state index in [0.29, 0.717) is 6.54 Å². The standard InChI is InChI=1S/C18H16F6N4O3S/c19-17(20,21)14-5-6-25-15(27-14)30-10-11-9-28(7-8-29-11)16(32)26-12-3-1-2-4-13(12)31-18(22,23)24/h1-6,11H,7-10H2,(H,26,32). The monoisotopic (exact) mass is 482 g/mol. The third-order valence-corrected chi connectivity index (χ3v) is 4.46. The third-order valence-electron chi connectivity index (χ3n) is 4.10. The Labute approximate surface area is 183 Å². The van der Waals surface area contributed by atoms with E-state index in [2.05, 4.69) is 20.0 Å². The van der Waals surface area contributed by atoms with Crippen molar-refractivity contribution >= 4 is 23.0 Å². The van der Waals surface area contributed by atoms with E-state index in [0.717, 1.165) is 18.3 Å². The Kier molecular flexibility index (Phi) is 7.23. The number of alkyl halides is 6. The zero-order chi connectivity index (χ0) is 23.4. The minimum Gasteiger partial charge on any atom is -0.461 e. The van der Waals surface area contributed by atoms with Gasteiger partial charge in [0.05, 0.1) is 12.3 Å². The largest absolute Gasteiger partial charge is 0.573 e. The van der Waals surface area contributed by atoms with Gasteiger partial charge in [0.25, 0.3) is 0 Å². The average Bonchev–Trinajstić information content (AvgIpc) is 2.72. The maximum Gasteiger partial charge on any atom is 0.573 e. The van der Waals surface area contributed by atoms with Gasteiger partial charge in [0.1, 0.15) is 12.7 Å². The molecule has 1 atom stereocenters. The van der Waals surface area contributed by atoms with Crippen LogP contribution in [-0.2, 0) is 10.9 Å². The van der Waals surface area contributed by atoms with Gasteiger partial charge in [0, 0.05) is 19.3 Å². The Morgan fingerprint density at radius 3 is 2.66 bits per heavy atom. The Bertz CT molecular complexity index is 943. The second-order valence-electron chi connectivity index (χ2n) is 6.45. The highest BCUT2D eigenvalue weighted by atomic mass is 32.1. The molecule has 2 heterocycles. The van der Waals surface area contributed by atoms with Crippen LogP contribution in [-0.4, -0.2) is 58.7 Å². The van der Waals surface area contributed by atoms with Crippen LogP contribution in [0, 0.1) is 0 Å². The first kappa shape index (κ1) is 23.8. The first-order valence-corrected chi connectivity index (χ1v) is 9.47. The second-order valence-corrected chi connectivity index (χ2v) is 6.83. The van der Waals surface area contributed by atoms with E-state index in [1.54, 1.807) is 4.90 Å². The molecule has 0 amide bonds. The second kappa shape index (κ2) is 9.73. The van der Waals surface area contributed by atoms with E-state index in [1.165, 1.54) is 18.2 Å². The van der Waals surface area contributed by atoms with E-state index in [4.69, 9.17) is 21.7 Å². The van der Waals surface area contributed by atoms with Gasteiger partial charge in [0.15, 0.2) is 16.6 Å². The molecule has 1 saturated heterocycles. The molecule has 0 aliphatic carbocycles. The molecule has 1 N–H and O–H groups in total. The van der Waals surface area contributed by atoms with Gasteiger partial charge >= 0.3 is 18.5 Å². The van der Waals surface area contributed by atoms with Crippen LogP contribution in [0.25, 0.3) is 0 Å². The SMILES string of the molecule is FC(F)(F)Oc1ccccc1NC(=S)N1CCOC(COc2nccc(C(F)(F)F)n2)C1. The van der Waals surface area contributed by atoms with Gasteiger partial charge in [0.2, 0.25) is 0 Å². The van der Waals surface area contributed by atoms with Crippen molar-refractivity contribution in [3.8, 4) is 11.8 Å². The molecule has 0 bridgehead atoms. The Balaban J connectivity index is 1.58. The van der Waals surface area contributed by atoms with Crippen molar-refractivity contribution in [1.29, 1.82) is 0 Å². The zero-order valence-electron chi connectivity index (χ0n) is 16.1. The van der Waals surface area contributed by atoms with Gasteiger partial charge in [-0.25, -0.2) is 4.98 Å². The van der Waals surface area contributed by atoms with Crippen LogP contribution in [0.5, 0.6) is 11.8 Å². The Morgan fingerprint density at radius 1 is 1.19 bits per heavy atom. The first-order valence-electron chi connectivity index (χ1n) is 9.06. The maximum absolute atomic E-state index is 12.7. The lowest BCUT2D eigenvalue weighted by Gasteiger charge is -2.34. The smallest absolute Gasteiger partial charge is 0.461 e. The molecule has 0 saturated carbocycles. The van der Waals surface area contributed by atoms with Crippen molar-refractivity contribution in [3.05, 3.63) is 42.2 Å². The molecule has 174 valence electrons. The number of hydrogen-bond donors (Lipinski definition) is 1. The van der Waals surface area contributed by atoms with Crippen molar-refractivity contribution in [3.63, 3.8) is 0 Å². The number of halogens is 6. The molecule has 32 heavy (non-hydrogen) atoms. The molecule has 1 unspecified atom stereocenters. The highest BCUT2D eigenvalue weighted by Crippen LogP contribution is 2.30. The Hall–Kier alpha value is -2.87. The number of hydrogen-bond acceptors (Lipinski definition) is 6. The average molecular weight is 482 g/mol. The minimum atomic E-state index is -4.87.